The molecule has 0 radical (unpaired) electrons. The van der Waals surface area contributed by atoms with Gasteiger partial charge in [-0.25, -0.2) is 8.42 Å². The number of nitrogens with two attached hydrogens (primary N) is 1. The van der Waals surface area contributed by atoms with Gasteiger partial charge in [-0.2, -0.15) is 0 Å². The molecule has 6 nitrogen and oxygen atoms in total. The molecule has 0 saturated carbocycles. The van der Waals surface area contributed by atoms with Gasteiger partial charge in [0, 0.05) is 13.1 Å². The molecule has 0 aromatic carbocycles. The summed E-state index contributed by atoms with van der Waals surface area (Å²) in [5.74, 6) is 0. The summed E-state index contributed by atoms with van der Waals surface area (Å²) >= 11 is 0. The number of hydrogen-bond acceptors (Lipinski definition) is 5. The van der Waals surface area contributed by atoms with E-state index in [0.29, 0.717) is 13.1 Å². The Morgan fingerprint density at radius 2 is 1.65 bits per heavy atom. The Hall–Kier alpha value is -0.210. The van der Waals surface area contributed by atoms with Crippen LogP contribution in [-0.2, 0) is 10.1 Å². The van der Waals surface area contributed by atoms with Crippen LogP contribution in [0, 0.1) is 0 Å². The van der Waals surface area contributed by atoms with Crippen molar-refractivity contribution in [3.05, 3.63) is 0 Å². The van der Waals surface area contributed by atoms with Gasteiger partial charge in [0.05, 0.1) is 25.0 Å². The molecule has 0 aliphatic carbocycles. The van der Waals surface area contributed by atoms with Gasteiger partial charge in [0.15, 0.2) is 0 Å². The summed E-state index contributed by atoms with van der Waals surface area (Å²) in [6.07, 6.45) is 0. The highest BCUT2D eigenvalue weighted by Crippen LogP contribution is 1.89. The standard InChI is InChI=1S/C6H15N.C4H12N2O3S/c1-4-7(5-2)6-3;1-4(6-3-2-5)10(7,8)9/h4-6H2,1-3H3;4,6H,2-3,5H2,1H3,(H,7,8,9). The fraction of sp³-hybridized carbons (Fsp3) is 1.00. The monoisotopic (exact) mass is 269 g/mol. The number of rotatable bonds is 7. The zero-order valence-electron chi connectivity index (χ0n) is 11.3. The van der Waals surface area contributed by atoms with Crippen molar-refractivity contribution in [2.24, 2.45) is 5.73 Å². The molecule has 1 atom stereocenters. The smallest absolute Gasteiger partial charge is 0.111 e. The van der Waals surface area contributed by atoms with Crippen molar-refractivity contribution < 1.29 is 17.9 Å². The maximum absolute atomic E-state index is 10.2. The molecular weight excluding hydrogens is 242 g/mol. The van der Waals surface area contributed by atoms with E-state index >= 15 is 0 Å². The number of quaternary nitrogens is 1. The minimum absolute atomic E-state index is 0.319. The molecule has 0 aliphatic rings. The lowest BCUT2D eigenvalue weighted by molar-refractivity contribution is -0.894. The van der Waals surface area contributed by atoms with E-state index < -0.39 is 15.5 Å². The lowest BCUT2D eigenvalue weighted by atomic mass is 10.5. The van der Waals surface area contributed by atoms with Crippen molar-refractivity contribution in [1.82, 2.24) is 5.32 Å². The van der Waals surface area contributed by atoms with Crippen LogP contribution in [0.5, 0.6) is 0 Å². The van der Waals surface area contributed by atoms with Gasteiger partial charge in [-0.3, -0.25) is 0 Å². The van der Waals surface area contributed by atoms with Crippen molar-refractivity contribution in [3.8, 4) is 0 Å². The van der Waals surface area contributed by atoms with Crippen LogP contribution in [-0.4, -0.2) is 51.1 Å². The van der Waals surface area contributed by atoms with E-state index in [1.807, 2.05) is 0 Å². The molecule has 7 heteroatoms. The van der Waals surface area contributed by atoms with Crippen molar-refractivity contribution in [3.63, 3.8) is 0 Å². The second kappa shape index (κ2) is 10.9. The lowest BCUT2D eigenvalue weighted by Crippen LogP contribution is -3.11. The maximum atomic E-state index is 10.2. The van der Waals surface area contributed by atoms with Crippen LogP contribution < -0.4 is 16.0 Å². The van der Waals surface area contributed by atoms with Gasteiger partial charge in [0.2, 0.25) is 0 Å². The first-order valence-corrected chi connectivity index (χ1v) is 7.52. The van der Waals surface area contributed by atoms with E-state index in [1.165, 1.54) is 26.6 Å². The minimum Gasteiger partial charge on any atom is -0.747 e. The highest BCUT2D eigenvalue weighted by molar-refractivity contribution is 7.86. The van der Waals surface area contributed by atoms with Gasteiger partial charge >= 0.3 is 0 Å². The summed E-state index contributed by atoms with van der Waals surface area (Å²) in [6.45, 7) is 12.4. The van der Waals surface area contributed by atoms with Crippen LogP contribution in [0.4, 0.5) is 0 Å². The minimum atomic E-state index is -4.19. The van der Waals surface area contributed by atoms with E-state index in [-0.39, 0.29) is 0 Å². The first kappa shape index (κ1) is 19.1. The predicted molar refractivity (Wildman–Crippen MR) is 68.8 cm³/mol. The van der Waals surface area contributed by atoms with Crippen molar-refractivity contribution in [2.75, 3.05) is 32.7 Å². The van der Waals surface area contributed by atoms with Gasteiger partial charge in [-0.15, -0.1) is 0 Å². The van der Waals surface area contributed by atoms with Crippen LogP contribution in [0.25, 0.3) is 0 Å². The van der Waals surface area contributed by atoms with Crippen LogP contribution in [0.2, 0.25) is 0 Å². The second-order valence-corrected chi connectivity index (χ2v) is 5.38. The topological polar surface area (TPSA) is 99.7 Å². The second-order valence-electron chi connectivity index (χ2n) is 3.69. The van der Waals surface area contributed by atoms with E-state index in [4.69, 9.17) is 5.73 Å². The molecule has 0 heterocycles. The molecule has 0 amide bonds. The summed E-state index contributed by atoms with van der Waals surface area (Å²) in [6, 6.07) is 0. The van der Waals surface area contributed by atoms with Gasteiger partial charge < -0.3 is 20.5 Å². The number of hydrogen-bond donors (Lipinski definition) is 3. The zero-order valence-corrected chi connectivity index (χ0v) is 12.1. The van der Waals surface area contributed by atoms with Crippen LogP contribution in [0.15, 0.2) is 0 Å². The SMILES string of the molecule is CC(NCCN)S(=O)(=O)[O-].CC[NH+](CC)CC. The third-order valence-corrected chi connectivity index (χ3v) is 3.54. The van der Waals surface area contributed by atoms with Gasteiger partial charge in [0.25, 0.3) is 0 Å². The molecule has 0 aliphatic heterocycles. The van der Waals surface area contributed by atoms with Crippen molar-refractivity contribution in [2.45, 2.75) is 33.1 Å². The predicted octanol–water partition coefficient (Wildman–Crippen LogP) is -1.64. The summed E-state index contributed by atoms with van der Waals surface area (Å²) in [5, 5.41) is 1.40. The highest BCUT2D eigenvalue weighted by Gasteiger charge is 2.06. The molecule has 0 aromatic rings. The van der Waals surface area contributed by atoms with E-state index in [2.05, 4.69) is 26.1 Å². The maximum Gasteiger partial charge on any atom is 0.111 e. The Bertz CT molecular complexity index is 248. The zero-order chi connectivity index (χ0) is 13.9. The molecule has 0 bridgehead atoms. The van der Waals surface area contributed by atoms with Crippen LogP contribution in [0.1, 0.15) is 27.7 Å². The van der Waals surface area contributed by atoms with Crippen molar-refractivity contribution >= 4 is 10.1 Å². The van der Waals surface area contributed by atoms with Gasteiger partial charge in [0.1, 0.15) is 10.1 Å². The van der Waals surface area contributed by atoms with E-state index in [0.717, 1.165) is 0 Å². The molecule has 0 spiro atoms. The third kappa shape index (κ3) is 12.0. The summed E-state index contributed by atoms with van der Waals surface area (Å²) < 4.78 is 30.5. The molecule has 0 fully saturated rings. The summed E-state index contributed by atoms with van der Waals surface area (Å²) in [4.78, 5) is 1.68. The summed E-state index contributed by atoms with van der Waals surface area (Å²) in [5.41, 5.74) is 5.06. The Kier molecular flexibility index (Phi) is 12.3. The van der Waals surface area contributed by atoms with E-state index in [9.17, 15) is 13.0 Å². The fourth-order valence-corrected chi connectivity index (χ4v) is 1.46. The molecule has 0 saturated heterocycles. The molecule has 4 N–H and O–H groups in total. The number of nitrogens with one attached hydrogen (secondary N) is 2. The van der Waals surface area contributed by atoms with E-state index in [1.54, 1.807) is 4.90 Å². The Morgan fingerprint density at radius 3 is 1.82 bits per heavy atom. The Morgan fingerprint density at radius 1 is 1.24 bits per heavy atom. The Labute approximate surface area is 105 Å². The molecular formula is C10H27N3O3S. The quantitative estimate of drug-likeness (QED) is 0.481. The third-order valence-electron chi connectivity index (χ3n) is 2.51. The fourth-order valence-electron chi connectivity index (χ4n) is 1.14. The normalized spacial score (nSPS) is 13.1. The first-order valence-electron chi connectivity index (χ1n) is 6.05. The van der Waals surface area contributed by atoms with Gasteiger partial charge in [-0.05, 0) is 27.7 Å². The molecule has 0 rings (SSSR count). The largest absolute Gasteiger partial charge is 0.747 e. The average Bonchev–Trinajstić information content (AvgIpc) is 2.28. The summed E-state index contributed by atoms with van der Waals surface area (Å²) in [7, 11) is -4.19. The molecule has 1 unspecified atom stereocenters. The first-order chi connectivity index (χ1) is 7.83. The highest BCUT2D eigenvalue weighted by atomic mass is 32.2. The molecule has 106 valence electrons. The Balaban J connectivity index is 0. The lowest BCUT2D eigenvalue weighted by Gasteiger charge is -2.16. The molecule has 17 heavy (non-hydrogen) atoms. The van der Waals surface area contributed by atoms with Crippen molar-refractivity contribution in [1.29, 1.82) is 0 Å². The van der Waals surface area contributed by atoms with Crippen LogP contribution >= 0.6 is 0 Å². The van der Waals surface area contributed by atoms with Crippen LogP contribution in [0.3, 0.4) is 0 Å². The average molecular weight is 269 g/mol. The molecule has 0 aromatic heterocycles. The van der Waals surface area contributed by atoms with Gasteiger partial charge in [-0.1, -0.05) is 0 Å².